The highest BCUT2D eigenvalue weighted by molar-refractivity contribution is 14.1. The molecule has 8 heteroatoms. The van der Waals surface area contributed by atoms with E-state index >= 15 is 0 Å². The number of pyridine rings is 1. The molecule has 3 heterocycles. The number of piperazine rings is 1. The van der Waals surface area contributed by atoms with Crippen LogP contribution in [0.5, 0.6) is 5.88 Å². The molecule has 1 unspecified atom stereocenters. The van der Waals surface area contributed by atoms with Crippen LogP contribution in [0.25, 0.3) is 0 Å². The number of nitriles is 1. The third kappa shape index (κ3) is 5.19. The van der Waals surface area contributed by atoms with Crippen molar-refractivity contribution in [2.24, 2.45) is 0 Å². The summed E-state index contributed by atoms with van der Waals surface area (Å²) in [5, 5.41) is 9.33. The summed E-state index contributed by atoms with van der Waals surface area (Å²) < 4.78 is 6.25. The first kappa shape index (κ1) is 21.2. The second-order valence-corrected chi connectivity index (χ2v) is 9.20. The van der Waals surface area contributed by atoms with Crippen molar-refractivity contribution in [1.29, 1.82) is 5.26 Å². The van der Waals surface area contributed by atoms with E-state index in [-0.39, 0.29) is 0 Å². The van der Waals surface area contributed by atoms with Crippen molar-refractivity contribution >= 4 is 28.4 Å². The van der Waals surface area contributed by atoms with Gasteiger partial charge in [-0.15, -0.1) is 0 Å². The van der Waals surface area contributed by atoms with Gasteiger partial charge in [0.05, 0.1) is 33.8 Å². The number of aromatic nitrogens is 3. The topological polar surface area (TPSA) is 78.2 Å². The maximum absolute atomic E-state index is 9.33. The zero-order chi connectivity index (χ0) is 20.8. The second-order valence-electron chi connectivity index (χ2n) is 7.77. The van der Waals surface area contributed by atoms with Crippen molar-refractivity contribution < 1.29 is 4.74 Å². The van der Waals surface area contributed by atoms with Crippen molar-refractivity contribution in [2.75, 3.05) is 37.7 Å². The van der Waals surface area contributed by atoms with Gasteiger partial charge in [0, 0.05) is 25.8 Å². The van der Waals surface area contributed by atoms with Gasteiger partial charge in [-0.25, -0.2) is 9.97 Å². The van der Waals surface area contributed by atoms with Crippen molar-refractivity contribution in [2.45, 2.75) is 42.6 Å². The van der Waals surface area contributed by atoms with Gasteiger partial charge in [0.25, 0.3) is 0 Å². The summed E-state index contributed by atoms with van der Waals surface area (Å²) in [5.74, 6) is 1.47. The highest BCUT2D eigenvalue weighted by atomic mass is 127. The van der Waals surface area contributed by atoms with E-state index in [0.717, 1.165) is 69.1 Å². The van der Waals surface area contributed by atoms with Gasteiger partial charge in [-0.3, -0.25) is 9.88 Å². The summed E-state index contributed by atoms with van der Waals surface area (Å²) in [6.45, 7) is 4.49. The summed E-state index contributed by atoms with van der Waals surface area (Å²) in [7, 11) is 0. The number of halogens is 1. The monoisotopic (exact) mass is 518 g/mol. The average molecular weight is 518 g/mol. The number of alkyl halides is 1. The zero-order valence-corrected chi connectivity index (χ0v) is 19.3. The number of aryl methyl sites for hydroxylation is 2. The lowest BCUT2D eigenvalue weighted by atomic mass is 10.0. The molecule has 4 rings (SSSR count). The van der Waals surface area contributed by atoms with Gasteiger partial charge in [0.1, 0.15) is 11.9 Å². The molecule has 0 N–H and O–H groups in total. The van der Waals surface area contributed by atoms with Crippen LogP contribution in [0.2, 0.25) is 0 Å². The Balaban J connectivity index is 1.19. The maximum atomic E-state index is 9.33. The van der Waals surface area contributed by atoms with Gasteiger partial charge in [-0.05, 0) is 57.2 Å². The Morgan fingerprint density at radius 3 is 2.87 bits per heavy atom. The molecule has 158 valence electrons. The molecule has 0 bridgehead atoms. The highest BCUT2D eigenvalue weighted by Crippen LogP contribution is 2.23. The second kappa shape index (κ2) is 10.4. The van der Waals surface area contributed by atoms with Gasteiger partial charge >= 0.3 is 0 Å². The molecule has 1 aliphatic heterocycles. The summed E-state index contributed by atoms with van der Waals surface area (Å²) in [6.07, 6.45) is 10.1. The Kier molecular flexibility index (Phi) is 7.33. The maximum Gasteiger partial charge on any atom is 0.232 e. The molecule has 0 aromatic carbocycles. The van der Waals surface area contributed by atoms with Crippen LogP contribution < -0.4 is 9.64 Å². The molecule has 1 aliphatic carbocycles. The lowest BCUT2D eigenvalue weighted by Crippen LogP contribution is -2.51. The summed E-state index contributed by atoms with van der Waals surface area (Å²) in [6, 6.07) is 5.91. The van der Waals surface area contributed by atoms with Crippen LogP contribution in [0.4, 0.5) is 5.82 Å². The molecule has 0 spiro atoms. The SMILES string of the molecule is N#Cc1cccnc1N1CCN(CCCCOc2cnc3c(n2)CCCC3)C(I)C1. The first-order valence-corrected chi connectivity index (χ1v) is 11.9. The van der Waals surface area contributed by atoms with Crippen LogP contribution in [0.1, 0.15) is 42.6 Å². The number of ether oxygens (including phenoxy) is 1. The number of nitrogens with zero attached hydrogens (tertiary/aromatic N) is 6. The molecule has 0 amide bonds. The quantitative estimate of drug-likeness (QED) is 0.241. The average Bonchev–Trinajstić information content (AvgIpc) is 2.79. The molecule has 2 aromatic rings. The molecule has 1 fully saturated rings. The van der Waals surface area contributed by atoms with Crippen LogP contribution in [0.15, 0.2) is 24.5 Å². The number of hydrogen-bond donors (Lipinski definition) is 0. The van der Waals surface area contributed by atoms with E-state index in [4.69, 9.17) is 4.74 Å². The molecule has 2 aliphatic rings. The molecule has 2 aromatic heterocycles. The molecular formula is C22H27IN6O. The number of rotatable bonds is 7. The zero-order valence-electron chi connectivity index (χ0n) is 17.1. The third-order valence-corrected chi connectivity index (χ3v) is 6.89. The van der Waals surface area contributed by atoms with E-state index in [0.29, 0.717) is 22.1 Å². The Morgan fingerprint density at radius 2 is 2.03 bits per heavy atom. The number of unbranched alkanes of at least 4 members (excludes halogenated alkanes) is 1. The minimum absolute atomic E-state index is 0.400. The summed E-state index contributed by atoms with van der Waals surface area (Å²) >= 11 is 2.50. The van der Waals surface area contributed by atoms with E-state index in [1.54, 1.807) is 12.4 Å². The molecule has 1 atom stereocenters. The minimum Gasteiger partial charge on any atom is -0.477 e. The standard InChI is InChI=1S/C22H27IN6O/c23-20-16-29(22-17(14-24)6-5-9-25-22)12-11-28(20)10-3-4-13-30-21-15-26-18-7-1-2-8-19(18)27-21/h5-6,9,15,20H,1-4,7-8,10-13,16H2. The fraction of sp³-hybridized carbons (Fsp3) is 0.545. The van der Waals surface area contributed by atoms with Crippen molar-refractivity contribution in [1.82, 2.24) is 19.9 Å². The van der Waals surface area contributed by atoms with Crippen molar-refractivity contribution in [3.63, 3.8) is 0 Å². The van der Waals surface area contributed by atoms with Gasteiger partial charge < -0.3 is 9.64 Å². The highest BCUT2D eigenvalue weighted by Gasteiger charge is 2.26. The van der Waals surface area contributed by atoms with Gasteiger partial charge in [-0.2, -0.15) is 5.26 Å². The third-order valence-electron chi connectivity index (χ3n) is 5.71. The lowest BCUT2D eigenvalue weighted by Gasteiger charge is -2.39. The first-order chi connectivity index (χ1) is 14.7. The molecule has 7 nitrogen and oxygen atoms in total. The molecule has 1 saturated heterocycles. The van der Waals surface area contributed by atoms with Crippen LogP contribution in [-0.4, -0.2) is 56.7 Å². The van der Waals surface area contributed by atoms with Crippen molar-refractivity contribution in [3.05, 3.63) is 41.5 Å². The summed E-state index contributed by atoms with van der Waals surface area (Å²) in [5.41, 5.74) is 2.92. The van der Waals surface area contributed by atoms with E-state index in [2.05, 4.69) is 53.4 Å². The molecule has 0 saturated carbocycles. The van der Waals surface area contributed by atoms with E-state index in [1.807, 2.05) is 12.1 Å². The predicted molar refractivity (Wildman–Crippen MR) is 124 cm³/mol. The normalized spacial score (nSPS) is 19.2. The van der Waals surface area contributed by atoms with E-state index in [9.17, 15) is 5.26 Å². The van der Waals surface area contributed by atoms with Crippen LogP contribution >= 0.6 is 22.6 Å². The largest absolute Gasteiger partial charge is 0.477 e. The van der Waals surface area contributed by atoms with Gasteiger partial charge in [0.15, 0.2) is 0 Å². The molecule has 0 radical (unpaired) electrons. The lowest BCUT2D eigenvalue weighted by molar-refractivity contribution is 0.226. The summed E-state index contributed by atoms with van der Waals surface area (Å²) in [4.78, 5) is 18.3. The number of hydrogen-bond acceptors (Lipinski definition) is 7. The predicted octanol–water partition coefficient (Wildman–Crippen LogP) is 3.36. The van der Waals surface area contributed by atoms with Gasteiger partial charge in [0.2, 0.25) is 5.88 Å². The van der Waals surface area contributed by atoms with Crippen LogP contribution in [-0.2, 0) is 12.8 Å². The first-order valence-electron chi connectivity index (χ1n) is 10.7. The number of fused-ring (bicyclic) bond motifs is 1. The van der Waals surface area contributed by atoms with Crippen LogP contribution in [0.3, 0.4) is 0 Å². The Morgan fingerprint density at radius 1 is 1.17 bits per heavy atom. The van der Waals surface area contributed by atoms with Crippen LogP contribution in [0, 0.1) is 11.3 Å². The van der Waals surface area contributed by atoms with Crippen molar-refractivity contribution in [3.8, 4) is 11.9 Å². The Bertz CT molecular complexity index is 901. The fourth-order valence-electron chi connectivity index (χ4n) is 4.05. The van der Waals surface area contributed by atoms with E-state index < -0.39 is 0 Å². The minimum atomic E-state index is 0.400. The fourth-order valence-corrected chi connectivity index (χ4v) is 5.08. The number of anilines is 1. The molecule has 30 heavy (non-hydrogen) atoms. The Labute approximate surface area is 191 Å². The Hall–Kier alpha value is -1.99. The van der Waals surface area contributed by atoms with Gasteiger partial charge in [-0.1, -0.05) is 22.6 Å². The van der Waals surface area contributed by atoms with E-state index in [1.165, 1.54) is 12.8 Å². The smallest absolute Gasteiger partial charge is 0.232 e. The molecular weight excluding hydrogens is 491 g/mol.